The highest BCUT2D eigenvalue weighted by Crippen LogP contribution is 2.25. The van der Waals surface area contributed by atoms with Gasteiger partial charge in [-0.15, -0.1) is 0 Å². The Morgan fingerprint density at radius 3 is 2.19 bits per heavy atom. The quantitative estimate of drug-likeness (QED) is 0.262. The molecule has 1 fully saturated rings. The molecule has 0 aromatic rings. The second kappa shape index (κ2) is 12.5. The zero-order valence-electron chi connectivity index (χ0n) is 16.1. The molecule has 1 rings (SSSR count). The molecule has 3 atom stereocenters. The number of amides is 3. The number of carbonyl (C=O) groups excluding carboxylic acids is 3. The second-order valence-electron chi connectivity index (χ2n) is 7.10. The molecule has 3 amide bonds. The summed E-state index contributed by atoms with van der Waals surface area (Å²) in [5.74, 6) is 0.392. The number of halogens is 1. The third-order valence-electron chi connectivity index (χ3n) is 5.09. The van der Waals surface area contributed by atoms with Gasteiger partial charge in [-0.3, -0.25) is 19.3 Å². The van der Waals surface area contributed by atoms with Crippen LogP contribution in [0.3, 0.4) is 0 Å². The first-order chi connectivity index (χ1) is 12.3. The van der Waals surface area contributed by atoms with Gasteiger partial charge in [0.2, 0.25) is 17.7 Å². The minimum Gasteiger partial charge on any atom is -0.354 e. The van der Waals surface area contributed by atoms with Gasteiger partial charge in [-0.05, 0) is 32.6 Å². The predicted octanol–water partition coefficient (Wildman–Crippen LogP) is 1.06. The lowest BCUT2D eigenvalue weighted by Gasteiger charge is -2.34. The average Bonchev–Trinajstić information content (AvgIpc) is 2.72. The van der Waals surface area contributed by atoms with Crippen LogP contribution in [-0.4, -0.2) is 65.3 Å². The predicted molar refractivity (Wildman–Crippen MR) is 111 cm³/mol. The van der Waals surface area contributed by atoms with Crippen molar-refractivity contribution in [2.75, 3.05) is 30.6 Å². The normalized spacial score (nSPS) is 23.8. The maximum Gasteiger partial charge on any atom is 0.234 e. The summed E-state index contributed by atoms with van der Waals surface area (Å²) in [5, 5.41) is 8.26. The SMILES string of the molecule is CC1CCC[C@@H](C)C(C)N1CC(=O)NCCC(=O)NCCNC(=O)CI. The van der Waals surface area contributed by atoms with Crippen molar-refractivity contribution in [3.63, 3.8) is 0 Å². The summed E-state index contributed by atoms with van der Waals surface area (Å²) in [6.45, 7) is 8.17. The molecule has 3 N–H and O–H groups in total. The zero-order valence-corrected chi connectivity index (χ0v) is 18.3. The lowest BCUT2D eigenvalue weighted by Crippen LogP contribution is -2.47. The van der Waals surface area contributed by atoms with Crippen LogP contribution in [0.15, 0.2) is 0 Å². The van der Waals surface area contributed by atoms with E-state index in [2.05, 4.69) is 41.6 Å². The molecular weight excluding hydrogens is 447 g/mol. The molecule has 2 unspecified atom stereocenters. The van der Waals surface area contributed by atoms with Crippen LogP contribution in [0.4, 0.5) is 0 Å². The number of alkyl halides is 1. The minimum atomic E-state index is -0.126. The summed E-state index contributed by atoms with van der Waals surface area (Å²) in [4.78, 5) is 37.3. The van der Waals surface area contributed by atoms with Gasteiger partial charge in [0.25, 0.3) is 0 Å². The van der Waals surface area contributed by atoms with E-state index in [-0.39, 0.29) is 24.1 Å². The Bertz CT molecular complexity index is 475. The molecule has 0 aromatic heterocycles. The lowest BCUT2D eigenvalue weighted by atomic mass is 9.98. The Labute approximate surface area is 170 Å². The molecule has 26 heavy (non-hydrogen) atoms. The van der Waals surface area contributed by atoms with Crippen LogP contribution in [0.5, 0.6) is 0 Å². The molecule has 150 valence electrons. The maximum absolute atomic E-state index is 12.2. The minimum absolute atomic E-state index is 0.0279. The molecule has 1 aliphatic heterocycles. The van der Waals surface area contributed by atoms with Gasteiger partial charge < -0.3 is 16.0 Å². The molecule has 0 aliphatic carbocycles. The van der Waals surface area contributed by atoms with Gasteiger partial charge in [-0.1, -0.05) is 35.9 Å². The van der Waals surface area contributed by atoms with E-state index < -0.39 is 0 Å². The molecule has 0 spiro atoms. The fourth-order valence-electron chi connectivity index (χ4n) is 3.25. The van der Waals surface area contributed by atoms with Gasteiger partial charge in [0, 0.05) is 38.1 Å². The summed E-state index contributed by atoms with van der Waals surface area (Å²) in [5.41, 5.74) is 0. The highest BCUT2D eigenvalue weighted by molar-refractivity contribution is 14.1. The van der Waals surface area contributed by atoms with Crippen molar-refractivity contribution in [2.24, 2.45) is 5.92 Å². The van der Waals surface area contributed by atoms with Crippen LogP contribution in [-0.2, 0) is 14.4 Å². The number of nitrogens with one attached hydrogen (secondary N) is 3. The van der Waals surface area contributed by atoms with Gasteiger partial charge in [-0.25, -0.2) is 0 Å². The highest BCUT2D eigenvalue weighted by Gasteiger charge is 2.28. The molecule has 0 saturated carbocycles. The van der Waals surface area contributed by atoms with Crippen molar-refractivity contribution in [3.05, 3.63) is 0 Å². The van der Waals surface area contributed by atoms with Crippen molar-refractivity contribution >= 4 is 40.3 Å². The Kier molecular flexibility index (Phi) is 11.1. The standard InChI is InChI=1S/C18H33IN4O3/c1-13-5-4-6-14(2)23(15(13)3)12-18(26)20-8-7-16(24)21-9-10-22-17(25)11-19/h13-15H,4-12H2,1-3H3,(H,20,26)(H,21,24)(H,22,25)/t13-,14?,15?/m1/s1. The third-order valence-corrected chi connectivity index (χ3v) is 5.78. The summed E-state index contributed by atoms with van der Waals surface area (Å²) in [6, 6.07) is 0.793. The molecule has 1 heterocycles. The fraction of sp³-hybridized carbons (Fsp3) is 0.833. The lowest BCUT2D eigenvalue weighted by molar-refractivity contribution is -0.124. The van der Waals surface area contributed by atoms with Crippen molar-refractivity contribution in [3.8, 4) is 0 Å². The van der Waals surface area contributed by atoms with Crippen molar-refractivity contribution in [1.82, 2.24) is 20.9 Å². The smallest absolute Gasteiger partial charge is 0.234 e. The van der Waals surface area contributed by atoms with Gasteiger partial charge in [-0.2, -0.15) is 0 Å². The molecule has 1 saturated heterocycles. The summed E-state index contributed by atoms with van der Waals surface area (Å²) in [7, 11) is 0. The average molecular weight is 480 g/mol. The summed E-state index contributed by atoms with van der Waals surface area (Å²) >= 11 is 1.99. The van der Waals surface area contributed by atoms with Crippen LogP contribution in [0.1, 0.15) is 46.5 Å². The Hall–Kier alpha value is -0.900. The number of likely N-dealkylation sites (tertiary alicyclic amines) is 1. The third kappa shape index (κ3) is 8.66. The van der Waals surface area contributed by atoms with E-state index >= 15 is 0 Å². The molecule has 7 nitrogen and oxygen atoms in total. The van der Waals surface area contributed by atoms with Gasteiger partial charge in [0.1, 0.15) is 0 Å². The van der Waals surface area contributed by atoms with Crippen LogP contribution in [0.2, 0.25) is 0 Å². The number of nitrogens with zero attached hydrogens (tertiary/aromatic N) is 1. The number of hydrogen-bond acceptors (Lipinski definition) is 4. The zero-order chi connectivity index (χ0) is 19.5. The first kappa shape index (κ1) is 23.1. The van der Waals surface area contributed by atoms with Gasteiger partial charge >= 0.3 is 0 Å². The van der Waals surface area contributed by atoms with E-state index in [9.17, 15) is 14.4 Å². The van der Waals surface area contributed by atoms with E-state index in [4.69, 9.17) is 0 Å². The van der Waals surface area contributed by atoms with E-state index in [1.807, 2.05) is 22.6 Å². The number of rotatable bonds is 9. The Morgan fingerprint density at radius 1 is 0.923 bits per heavy atom. The maximum atomic E-state index is 12.2. The van der Waals surface area contributed by atoms with Crippen molar-refractivity contribution in [1.29, 1.82) is 0 Å². The molecule has 1 aliphatic rings. The first-order valence-corrected chi connectivity index (χ1v) is 11.0. The molecule has 0 aromatic carbocycles. The monoisotopic (exact) mass is 480 g/mol. The highest BCUT2D eigenvalue weighted by atomic mass is 127. The summed E-state index contributed by atoms with van der Waals surface area (Å²) < 4.78 is 0.408. The second-order valence-corrected chi connectivity index (χ2v) is 7.87. The summed E-state index contributed by atoms with van der Waals surface area (Å²) in [6.07, 6.45) is 3.79. The molecule has 8 heteroatoms. The van der Waals surface area contributed by atoms with Crippen LogP contribution in [0, 0.1) is 5.92 Å². The largest absolute Gasteiger partial charge is 0.354 e. The fourth-order valence-corrected chi connectivity index (χ4v) is 3.52. The topological polar surface area (TPSA) is 90.5 Å². The van der Waals surface area contributed by atoms with Crippen LogP contribution in [0.25, 0.3) is 0 Å². The first-order valence-electron chi connectivity index (χ1n) is 9.47. The van der Waals surface area contributed by atoms with E-state index in [1.165, 1.54) is 12.8 Å². The van der Waals surface area contributed by atoms with E-state index in [0.717, 1.165) is 6.42 Å². The van der Waals surface area contributed by atoms with Crippen molar-refractivity contribution in [2.45, 2.75) is 58.5 Å². The molecule has 0 radical (unpaired) electrons. The van der Waals surface area contributed by atoms with E-state index in [1.54, 1.807) is 0 Å². The van der Waals surface area contributed by atoms with Crippen LogP contribution < -0.4 is 16.0 Å². The van der Waals surface area contributed by atoms with Crippen LogP contribution >= 0.6 is 22.6 Å². The Balaban J connectivity index is 2.22. The van der Waals surface area contributed by atoms with Crippen molar-refractivity contribution < 1.29 is 14.4 Å². The van der Waals surface area contributed by atoms with E-state index in [0.29, 0.717) is 48.6 Å². The van der Waals surface area contributed by atoms with Gasteiger partial charge in [0.15, 0.2) is 0 Å². The van der Waals surface area contributed by atoms with Gasteiger partial charge in [0.05, 0.1) is 11.0 Å². The molecule has 0 bridgehead atoms. The molecular formula is C18H33IN4O3. The number of carbonyl (C=O) groups is 3. The number of hydrogen-bond donors (Lipinski definition) is 3. The Morgan fingerprint density at radius 2 is 1.54 bits per heavy atom.